The summed E-state index contributed by atoms with van der Waals surface area (Å²) in [6, 6.07) is 20.8. The van der Waals surface area contributed by atoms with Crippen LogP contribution >= 0.6 is 0 Å². The zero-order valence-electron chi connectivity index (χ0n) is 21.7. The van der Waals surface area contributed by atoms with Crippen molar-refractivity contribution in [1.29, 1.82) is 0 Å². The first-order valence-electron chi connectivity index (χ1n) is 13.4. The minimum Gasteiger partial charge on any atom is -0.491 e. The minimum absolute atomic E-state index is 0.164. The molecule has 4 rings (SSSR count). The number of unbranched alkanes of at least 4 members (excludes halogenated alkanes) is 3. The maximum Gasteiger partial charge on any atom is 0.344 e. The fourth-order valence-corrected chi connectivity index (χ4v) is 4.94. The Morgan fingerprint density at radius 3 is 2.46 bits per heavy atom. The molecule has 0 amide bonds. The molecule has 0 spiro atoms. The van der Waals surface area contributed by atoms with E-state index in [1.165, 1.54) is 25.7 Å². The summed E-state index contributed by atoms with van der Waals surface area (Å²) in [5, 5.41) is 9.31. The SMILES string of the molecule is CCCCCC[C@H](C)Oc1ccc(-c2ccccc2C(=O)Oc2ccc3c(c2)CCC(C(=O)O)C3)cc1. The second kappa shape index (κ2) is 12.6. The van der Waals surface area contributed by atoms with Crippen molar-refractivity contribution in [3.63, 3.8) is 0 Å². The molecule has 0 aliphatic heterocycles. The van der Waals surface area contributed by atoms with Gasteiger partial charge in [0.15, 0.2) is 0 Å². The van der Waals surface area contributed by atoms with Crippen LogP contribution in [-0.2, 0) is 17.6 Å². The van der Waals surface area contributed by atoms with Crippen LogP contribution in [0.5, 0.6) is 11.5 Å². The quantitative estimate of drug-likeness (QED) is 0.168. The largest absolute Gasteiger partial charge is 0.491 e. The first kappa shape index (κ1) is 26.5. The number of carbonyl (C=O) groups excluding carboxylic acids is 1. The third-order valence-electron chi connectivity index (χ3n) is 7.08. The number of fused-ring (bicyclic) bond motifs is 1. The molecule has 194 valence electrons. The Bertz CT molecular complexity index is 1210. The van der Waals surface area contributed by atoms with Gasteiger partial charge in [0.05, 0.1) is 17.6 Å². The lowest BCUT2D eigenvalue weighted by Crippen LogP contribution is -2.22. The average molecular weight is 501 g/mol. The topological polar surface area (TPSA) is 72.8 Å². The molecule has 37 heavy (non-hydrogen) atoms. The molecular weight excluding hydrogens is 464 g/mol. The molecule has 0 aromatic heterocycles. The number of hydrogen-bond donors (Lipinski definition) is 1. The minimum atomic E-state index is -0.755. The molecule has 1 aliphatic rings. The Morgan fingerprint density at radius 2 is 1.70 bits per heavy atom. The molecule has 0 bridgehead atoms. The molecule has 2 atom stereocenters. The lowest BCUT2D eigenvalue weighted by atomic mass is 9.84. The molecule has 5 nitrogen and oxygen atoms in total. The maximum atomic E-state index is 13.2. The van der Waals surface area contributed by atoms with Gasteiger partial charge in [0.25, 0.3) is 0 Å². The van der Waals surface area contributed by atoms with Crippen molar-refractivity contribution in [2.24, 2.45) is 5.92 Å². The highest BCUT2D eigenvalue weighted by Crippen LogP contribution is 2.31. The zero-order valence-corrected chi connectivity index (χ0v) is 21.7. The number of carboxylic acid groups (broad SMARTS) is 1. The molecule has 0 saturated heterocycles. The Balaban J connectivity index is 1.42. The van der Waals surface area contributed by atoms with Gasteiger partial charge in [0.2, 0.25) is 0 Å². The molecule has 1 aliphatic carbocycles. The third kappa shape index (κ3) is 7.00. The molecule has 0 fully saturated rings. The normalized spacial score (nSPS) is 15.5. The maximum absolute atomic E-state index is 13.2. The molecular formula is C32H36O5. The van der Waals surface area contributed by atoms with Gasteiger partial charge in [-0.25, -0.2) is 4.79 Å². The summed E-state index contributed by atoms with van der Waals surface area (Å²) in [6.45, 7) is 4.32. The Hall–Kier alpha value is -3.60. The smallest absolute Gasteiger partial charge is 0.344 e. The zero-order chi connectivity index (χ0) is 26.2. The van der Waals surface area contributed by atoms with E-state index in [9.17, 15) is 14.7 Å². The number of benzene rings is 3. The van der Waals surface area contributed by atoms with Crippen LogP contribution in [0.25, 0.3) is 11.1 Å². The van der Waals surface area contributed by atoms with Gasteiger partial charge in [-0.3, -0.25) is 4.79 Å². The molecule has 1 unspecified atom stereocenters. The van der Waals surface area contributed by atoms with Crippen LogP contribution in [0.4, 0.5) is 0 Å². The number of esters is 1. The molecule has 0 saturated carbocycles. The van der Waals surface area contributed by atoms with Crippen molar-refractivity contribution < 1.29 is 24.2 Å². The van der Waals surface area contributed by atoms with Crippen molar-refractivity contribution in [1.82, 2.24) is 0 Å². The summed E-state index contributed by atoms with van der Waals surface area (Å²) in [5.74, 6) is -0.223. The number of rotatable bonds is 11. The Morgan fingerprint density at radius 1 is 0.946 bits per heavy atom. The molecule has 0 radical (unpaired) electrons. The van der Waals surface area contributed by atoms with Crippen LogP contribution in [0.2, 0.25) is 0 Å². The predicted octanol–water partition coefficient (Wildman–Crippen LogP) is 7.50. The van der Waals surface area contributed by atoms with Gasteiger partial charge in [-0.15, -0.1) is 0 Å². The standard InChI is InChI=1S/C32H36O5/c1-3-4-5-6-9-22(2)36-27-17-14-23(15-18-27)29-10-7-8-11-30(29)32(35)37-28-19-16-24-20-26(31(33)34)13-12-25(24)21-28/h7-8,10-11,14-19,21-22,26H,3-6,9,12-13,20H2,1-2H3,(H,33,34)/t22-,26?/m0/s1. The first-order valence-corrected chi connectivity index (χ1v) is 13.4. The summed E-state index contributed by atoms with van der Waals surface area (Å²) in [4.78, 5) is 24.5. The van der Waals surface area contributed by atoms with Crippen molar-refractivity contribution in [3.05, 3.63) is 83.4 Å². The van der Waals surface area contributed by atoms with Crippen molar-refractivity contribution in [2.75, 3.05) is 0 Å². The number of hydrogen-bond acceptors (Lipinski definition) is 4. The number of aliphatic carboxylic acids is 1. The van der Waals surface area contributed by atoms with E-state index in [0.717, 1.165) is 34.4 Å². The molecule has 5 heteroatoms. The van der Waals surface area contributed by atoms with E-state index >= 15 is 0 Å². The van der Waals surface area contributed by atoms with Crippen LogP contribution in [-0.4, -0.2) is 23.1 Å². The highest BCUT2D eigenvalue weighted by Gasteiger charge is 2.25. The lowest BCUT2D eigenvalue weighted by molar-refractivity contribution is -0.142. The number of carbonyl (C=O) groups is 2. The number of carboxylic acids is 1. The fraction of sp³-hybridized carbons (Fsp3) is 0.375. The van der Waals surface area contributed by atoms with Crippen LogP contribution in [0.1, 0.15) is 73.9 Å². The predicted molar refractivity (Wildman–Crippen MR) is 145 cm³/mol. The van der Waals surface area contributed by atoms with Gasteiger partial charge < -0.3 is 14.6 Å². The summed E-state index contributed by atoms with van der Waals surface area (Å²) in [6.07, 6.45) is 7.90. The van der Waals surface area contributed by atoms with Crippen molar-refractivity contribution in [2.45, 2.75) is 71.3 Å². The monoisotopic (exact) mass is 500 g/mol. The van der Waals surface area contributed by atoms with E-state index in [1.807, 2.05) is 54.6 Å². The van der Waals surface area contributed by atoms with Crippen LogP contribution in [0, 0.1) is 5.92 Å². The van der Waals surface area contributed by atoms with Gasteiger partial charge in [0.1, 0.15) is 11.5 Å². The second-order valence-electron chi connectivity index (χ2n) is 9.95. The van der Waals surface area contributed by atoms with E-state index in [0.29, 0.717) is 30.6 Å². The Kier molecular flexibility index (Phi) is 8.99. The highest BCUT2D eigenvalue weighted by atomic mass is 16.5. The number of aryl methyl sites for hydroxylation is 1. The molecule has 0 heterocycles. The van der Waals surface area contributed by atoms with E-state index in [1.54, 1.807) is 12.1 Å². The molecule has 3 aromatic rings. The summed E-state index contributed by atoms with van der Waals surface area (Å²) < 4.78 is 11.8. The summed E-state index contributed by atoms with van der Waals surface area (Å²) in [7, 11) is 0. The van der Waals surface area contributed by atoms with E-state index < -0.39 is 11.9 Å². The van der Waals surface area contributed by atoms with Crippen LogP contribution in [0.3, 0.4) is 0 Å². The summed E-state index contributed by atoms with van der Waals surface area (Å²) in [5.41, 5.74) is 4.27. The van der Waals surface area contributed by atoms with Gasteiger partial charge in [-0.1, -0.05) is 62.6 Å². The Labute approximate surface area is 219 Å². The third-order valence-corrected chi connectivity index (χ3v) is 7.08. The van der Waals surface area contributed by atoms with E-state index in [2.05, 4.69) is 13.8 Å². The summed E-state index contributed by atoms with van der Waals surface area (Å²) >= 11 is 0. The van der Waals surface area contributed by atoms with Crippen molar-refractivity contribution >= 4 is 11.9 Å². The fourth-order valence-electron chi connectivity index (χ4n) is 4.94. The van der Waals surface area contributed by atoms with Crippen molar-refractivity contribution in [3.8, 4) is 22.6 Å². The van der Waals surface area contributed by atoms with Crippen LogP contribution < -0.4 is 9.47 Å². The van der Waals surface area contributed by atoms with E-state index in [4.69, 9.17) is 9.47 Å². The lowest BCUT2D eigenvalue weighted by Gasteiger charge is -2.22. The molecule has 3 aromatic carbocycles. The second-order valence-corrected chi connectivity index (χ2v) is 9.95. The van der Waals surface area contributed by atoms with Gasteiger partial charge in [0, 0.05) is 0 Å². The first-order chi connectivity index (χ1) is 17.9. The van der Waals surface area contributed by atoms with Gasteiger partial charge in [-0.2, -0.15) is 0 Å². The number of ether oxygens (including phenoxy) is 2. The average Bonchev–Trinajstić information content (AvgIpc) is 2.91. The molecule has 1 N–H and O–H groups in total. The van der Waals surface area contributed by atoms with Gasteiger partial charge >= 0.3 is 11.9 Å². The van der Waals surface area contributed by atoms with Gasteiger partial charge in [-0.05, 0) is 91.6 Å². The highest BCUT2D eigenvalue weighted by molar-refractivity contribution is 5.98. The van der Waals surface area contributed by atoms with E-state index in [-0.39, 0.29) is 12.0 Å². The van der Waals surface area contributed by atoms with Crippen LogP contribution in [0.15, 0.2) is 66.7 Å².